The fraction of sp³-hybridized carbons (Fsp3) is 0.200. The average molecular weight is 142 g/mol. The maximum atomic E-state index is 10.2. The molecule has 1 aromatic heterocycles. The summed E-state index contributed by atoms with van der Waals surface area (Å²) in [4.78, 5) is 10.2. The highest BCUT2D eigenvalue weighted by atomic mass is 16.4. The zero-order chi connectivity index (χ0) is 7.72. The van der Waals surface area contributed by atoms with Gasteiger partial charge in [0.15, 0.2) is 11.4 Å². The minimum atomic E-state index is -1.21. The van der Waals surface area contributed by atoms with E-state index in [-0.39, 0.29) is 17.1 Å². The van der Waals surface area contributed by atoms with E-state index < -0.39 is 5.97 Å². The summed E-state index contributed by atoms with van der Waals surface area (Å²) < 4.78 is 0. The molecule has 1 rings (SSSR count). The van der Waals surface area contributed by atoms with Crippen molar-refractivity contribution in [1.82, 2.24) is 10.2 Å². The number of nitrogens with zero attached hydrogens (tertiary/aromatic N) is 1. The van der Waals surface area contributed by atoms with Gasteiger partial charge >= 0.3 is 5.97 Å². The molecule has 0 amide bonds. The molecule has 0 radical (unpaired) electrons. The van der Waals surface area contributed by atoms with Gasteiger partial charge in [0, 0.05) is 0 Å². The van der Waals surface area contributed by atoms with Gasteiger partial charge in [-0.05, 0) is 6.92 Å². The van der Waals surface area contributed by atoms with E-state index in [4.69, 9.17) is 10.2 Å². The number of nitrogens with one attached hydrogen (secondary N) is 1. The Kier molecular flexibility index (Phi) is 1.33. The van der Waals surface area contributed by atoms with Crippen molar-refractivity contribution in [3.05, 3.63) is 11.4 Å². The summed E-state index contributed by atoms with van der Waals surface area (Å²) in [6, 6.07) is 0. The van der Waals surface area contributed by atoms with Gasteiger partial charge in [-0.3, -0.25) is 5.10 Å². The number of hydrogen-bond acceptors (Lipinski definition) is 3. The van der Waals surface area contributed by atoms with Crippen LogP contribution < -0.4 is 0 Å². The third kappa shape index (κ3) is 0.812. The van der Waals surface area contributed by atoms with Crippen LogP contribution in [0.3, 0.4) is 0 Å². The van der Waals surface area contributed by atoms with Crippen LogP contribution in [0.1, 0.15) is 16.2 Å². The number of hydrogen-bond donors (Lipinski definition) is 3. The number of carbonyl (C=O) groups is 1. The molecule has 0 aliphatic carbocycles. The Balaban J connectivity index is 3.17. The summed E-state index contributed by atoms with van der Waals surface area (Å²) in [5, 5.41) is 22.9. The Morgan fingerprint density at radius 2 is 2.30 bits per heavy atom. The molecule has 0 aliphatic rings. The molecule has 0 atom stereocenters. The Bertz CT molecular complexity index is 266. The summed E-state index contributed by atoms with van der Waals surface area (Å²) in [6.07, 6.45) is 0. The molecule has 0 spiro atoms. The maximum Gasteiger partial charge on any atom is 0.357 e. The SMILES string of the molecule is Cc1n[nH]c(C(=O)O)c1O. The minimum absolute atomic E-state index is 0.266. The van der Waals surface area contributed by atoms with Crippen LogP contribution >= 0.6 is 0 Å². The van der Waals surface area contributed by atoms with Crippen LogP contribution in [0.4, 0.5) is 0 Å². The number of rotatable bonds is 1. The zero-order valence-corrected chi connectivity index (χ0v) is 5.25. The monoisotopic (exact) mass is 142 g/mol. The first-order valence-corrected chi connectivity index (χ1v) is 2.60. The number of carboxylic acid groups (broad SMARTS) is 1. The van der Waals surface area contributed by atoms with Gasteiger partial charge in [-0.15, -0.1) is 0 Å². The number of carboxylic acids is 1. The van der Waals surface area contributed by atoms with Gasteiger partial charge in [0.2, 0.25) is 0 Å². The zero-order valence-electron chi connectivity index (χ0n) is 5.25. The molecule has 0 aliphatic heterocycles. The number of aryl methyl sites for hydroxylation is 1. The fourth-order valence-electron chi connectivity index (χ4n) is 0.576. The van der Waals surface area contributed by atoms with Crippen LogP contribution in [0.5, 0.6) is 5.75 Å². The summed E-state index contributed by atoms with van der Waals surface area (Å²) in [6.45, 7) is 1.51. The molecule has 5 nitrogen and oxygen atoms in total. The molecule has 3 N–H and O–H groups in total. The van der Waals surface area contributed by atoms with Crippen LogP contribution in [0.15, 0.2) is 0 Å². The maximum absolute atomic E-state index is 10.2. The molecule has 0 bridgehead atoms. The van der Waals surface area contributed by atoms with Crippen molar-refractivity contribution in [2.45, 2.75) is 6.92 Å². The third-order valence-corrected chi connectivity index (χ3v) is 1.13. The van der Waals surface area contributed by atoms with Crippen molar-refractivity contribution >= 4 is 5.97 Å². The van der Waals surface area contributed by atoms with E-state index >= 15 is 0 Å². The molecule has 54 valence electrons. The van der Waals surface area contributed by atoms with Gasteiger partial charge < -0.3 is 10.2 Å². The second kappa shape index (κ2) is 2.02. The predicted molar refractivity (Wildman–Crippen MR) is 31.9 cm³/mol. The number of aromatic carboxylic acids is 1. The molecular formula is C5H6N2O3. The lowest BCUT2D eigenvalue weighted by Gasteiger charge is -1.87. The first-order valence-electron chi connectivity index (χ1n) is 2.60. The molecule has 0 aromatic carbocycles. The van der Waals surface area contributed by atoms with Gasteiger partial charge in [0.1, 0.15) is 5.69 Å². The topological polar surface area (TPSA) is 86.2 Å². The van der Waals surface area contributed by atoms with Crippen LogP contribution in [0.2, 0.25) is 0 Å². The molecule has 0 saturated heterocycles. The van der Waals surface area contributed by atoms with Gasteiger partial charge in [0.25, 0.3) is 0 Å². The van der Waals surface area contributed by atoms with Crippen molar-refractivity contribution in [1.29, 1.82) is 0 Å². The largest absolute Gasteiger partial charge is 0.504 e. The van der Waals surface area contributed by atoms with Crippen LogP contribution in [-0.4, -0.2) is 26.4 Å². The number of H-pyrrole nitrogens is 1. The van der Waals surface area contributed by atoms with Crippen molar-refractivity contribution in [3.63, 3.8) is 0 Å². The molecule has 5 heteroatoms. The first-order chi connectivity index (χ1) is 4.63. The standard InChI is InChI=1S/C5H6N2O3/c1-2-4(8)3(5(9)10)7-6-2/h8H,1H3,(H,6,7)(H,9,10). The quantitative estimate of drug-likeness (QED) is 0.519. The fourth-order valence-corrected chi connectivity index (χ4v) is 0.576. The molecule has 1 aromatic rings. The van der Waals surface area contributed by atoms with Gasteiger partial charge in [-0.1, -0.05) is 0 Å². The number of aromatic amines is 1. The Hall–Kier alpha value is -1.52. The average Bonchev–Trinajstić information content (AvgIpc) is 2.14. The lowest BCUT2D eigenvalue weighted by atomic mass is 10.3. The molecule has 0 saturated carbocycles. The Morgan fingerprint density at radius 1 is 1.70 bits per heavy atom. The lowest BCUT2D eigenvalue weighted by molar-refractivity contribution is 0.0687. The molecular weight excluding hydrogens is 136 g/mol. The molecule has 0 unspecified atom stereocenters. The van der Waals surface area contributed by atoms with Gasteiger partial charge in [-0.25, -0.2) is 4.79 Å². The van der Waals surface area contributed by atoms with Crippen LogP contribution in [0, 0.1) is 6.92 Å². The van der Waals surface area contributed by atoms with E-state index in [0.717, 1.165) is 0 Å². The Morgan fingerprint density at radius 3 is 2.50 bits per heavy atom. The van der Waals surface area contributed by atoms with E-state index in [1.165, 1.54) is 6.92 Å². The number of aromatic nitrogens is 2. The highest BCUT2D eigenvalue weighted by Crippen LogP contribution is 2.17. The van der Waals surface area contributed by atoms with Crippen LogP contribution in [0.25, 0.3) is 0 Å². The van der Waals surface area contributed by atoms with E-state index in [1.54, 1.807) is 0 Å². The smallest absolute Gasteiger partial charge is 0.357 e. The van der Waals surface area contributed by atoms with Crippen LogP contribution in [-0.2, 0) is 0 Å². The Labute approximate surface area is 56.3 Å². The van der Waals surface area contributed by atoms with Crippen molar-refractivity contribution < 1.29 is 15.0 Å². The highest BCUT2D eigenvalue weighted by Gasteiger charge is 2.13. The third-order valence-electron chi connectivity index (χ3n) is 1.13. The van der Waals surface area contributed by atoms with Crippen molar-refractivity contribution in [3.8, 4) is 5.75 Å². The van der Waals surface area contributed by atoms with Gasteiger partial charge in [-0.2, -0.15) is 5.10 Å². The van der Waals surface area contributed by atoms with E-state index in [9.17, 15) is 4.79 Å². The highest BCUT2D eigenvalue weighted by molar-refractivity contribution is 5.88. The summed E-state index contributed by atoms with van der Waals surface area (Å²) in [7, 11) is 0. The lowest BCUT2D eigenvalue weighted by Crippen LogP contribution is -1.96. The summed E-state index contributed by atoms with van der Waals surface area (Å²) in [5.41, 5.74) is 0.0231. The second-order valence-electron chi connectivity index (χ2n) is 1.84. The van der Waals surface area contributed by atoms with Gasteiger partial charge in [0.05, 0.1) is 0 Å². The molecule has 10 heavy (non-hydrogen) atoms. The number of aromatic hydroxyl groups is 1. The summed E-state index contributed by atoms with van der Waals surface area (Å²) in [5.74, 6) is -1.51. The second-order valence-corrected chi connectivity index (χ2v) is 1.84. The molecule has 0 fully saturated rings. The van der Waals surface area contributed by atoms with E-state index in [1.807, 2.05) is 0 Å². The van der Waals surface area contributed by atoms with E-state index in [0.29, 0.717) is 0 Å². The normalized spacial score (nSPS) is 9.70. The predicted octanol–water partition coefficient (Wildman–Crippen LogP) is 0.122. The summed E-state index contributed by atoms with van der Waals surface area (Å²) >= 11 is 0. The first kappa shape index (κ1) is 6.60. The van der Waals surface area contributed by atoms with E-state index in [2.05, 4.69) is 10.2 Å². The van der Waals surface area contributed by atoms with Crippen molar-refractivity contribution in [2.75, 3.05) is 0 Å². The minimum Gasteiger partial charge on any atom is -0.504 e. The molecule has 1 heterocycles. The van der Waals surface area contributed by atoms with Crippen molar-refractivity contribution in [2.24, 2.45) is 0 Å².